The van der Waals surface area contributed by atoms with Gasteiger partial charge in [0, 0.05) is 13.1 Å². The lowest BCUT2D eigenvalue weighted by atomic mass is 9.99. The van der Waals surface area contributed by atoms with E-state index in [1.54, 1.807) is 18.2 Å². The van der Waals surface area contributed by atoms with Crippen LogP contribution < -0.4 is 14.2 Å². The number of rotatable bonds is 5. The Morgan fingerprint density at radius 1 is 1.00 bits per heavy atom. The summed E-state index contributed by atoms with van der Waals surface area (Å²) in [6.45, 7) is 3.45. The summed E-state index contributed by atoms with van der Waals surface area (Å²) in [6, 6.07) is 13.3. The number of benzene rings is 2. The van der Waals surface area contributed by atoms with Gasteiger partial charge in [-0.2, -0.15) is 0 Å². The molecule has 2 aromatic carbocycles. The quantitative estimate of drug-likeness (QED) is 0.618. The minimum atomic E-state index is -0.358. The molecule has 0 saturated heterocycles. The fraction of sp³-hybridized carbons (Fsp3) is 0.350. The van der Waals surface area contributed by atoms with Gasteiger partial charge in [-0.3, -0.25) is 4.90 Å². The van der Waals surface area contributed by atoms with E-state index in [-0.39, 0.29) is 12.0 Å². The topological polar surface area (TPSA) is 48.0 Å². The summed E-state index contributed by atoms with van der Waals surface area (Å²) in [7, 11) is 3.08. The molecule has 0 unspecified atom stereocenters. The summed E-state index contributed by atoms with van der Waals surface area (Å²) in [4.78, 5) is 14.8. The molecule has 5 heteroatoms. The fourth-order valence-corrected chi connectivity index (χ4v) is 3.10. The molecule has 1 aliphatic heterocycles. The molecule has 0 fully saturated rings. The first-order valence-corrected chi connectivity index (χ1v) is 8.37. The molecule has 0 bridgehead atoms. The lowest BCUT2D eigenvalue weighted by molar-refractivity contribution is -0.140. The van der Waals surface area contributed by atoms with Crippen LogP contribution in [0.25, 0.3) is 0 Å². The molecule has 1 atom stereocenters. The summed E-state index contributed by atoms with van der Waals surface area (Å²) in [6.07, 6.45) is 0.936. The number of carbonyl (C=O) groups is 1. The number of nitrogens with zero attached hydrogens (tertiary/aromatic N) is 1. The van der Waals surface area contributed by atoms with Crippen LogP contribution in [0.1, 0.15) is 18.1 Å². The van der Waals surface area contributed by atoms with Crippen LogP contribution in [0.4, 0.5) is 0 Å². The third-order valence-corrected chi connectivity index (χ3v) is 4.63. The van der Waals surface area contributed by atoms with Crippen molar-refractivity contribution in [1.29, 1.82) is 0 Å². The smallest absolute Gasteiger partial charge is 0.328 e. The lowest BCUT2D eigenvalue weighted by Crippen LogP contribution is -2.43. The SMILES string of the molecule is COc1cccc(OC)c1OC(=O)[C@@H](C)N1CCc2ccccc2C1. The van der Waals surface area contributed by atoms with Crippen molar-refractivity contribution in [2.45, 2.75) is 25.9 Å². The van der Waals surface area contributed by atoms with Gasteiger partial charge in [-0.1, -0.05) is 30.3 Å². The highest BCUT2D eigenvalue weighted by Crippen LogP contribution is 2.37. The number of methoxy groups -OCH3 is 2. The Hall–Kier alpha value is -2.53. The van der Waals surface area contributed by atoms with Gasteiger partial charge in [0.2, 0.25) is 5.75 Å². The van der Waals surface area contributed by atoms with Gasteiger partial charge in [0.25, 0.3) is 0 Å². The van der Waals surface area contributed by atoms with Crippen molar-refractivity contribution >= 4 is 5.97 Å². The molecule has 1 heterocycles. The van der Waals surface area contributed by atoms with Crippen LogP contribution in [-0.2, 0) is 17.8 Å². The van der Waals surface area contributed by atoms with Gasteiger partial charge in [-0.05, 0) is 36.6 Å². The van der Waals surface area contributed by atoms with E-state index in [2.05, 4.69) is 23.1 Å². The van der Waals surface area contributed by atoms with Crippen LogP contribution >= 0.6 is 0 Å². The zero-order valence-corrected chi connectivity index (χ0v) is 14.8. The maximum absolute atomic E-state index is 12.7. The number of carbonyl (C=O) groups excluding carboxylic acids is 1. The molecular weight excluding hydrogens is 318 g/mol. The summed E-state index contributed by atoms with van der Waals surface area (Å²) in [5.41, 5.74) is 2.62. The number of para-hydroxylation sites is 1. The monoisotopic (exact) mass is 341 g/mol. The van der Waals surface area contributed by atoms with Crippen LogP contribution in [-0.4, -0.2) is 37.7 Å². The Bertz CT molecular complexity index is 737. The second-order valence-corrected chi connectivity index (χ2v) is 6.08. The van der Waals surface area contributed by atoms with E-state index in [0.29, 0.717) is 17.2 Å². The van der Waals surface area contributed by atoms with Crippen molar-refractivity contribution in [1.82, 2.24) is 4.90 Å². The fourth-order valence-electron chi connectivity index (χ4n) is 3.10. The van der Waals surface area contributed by atoms with E-state index in [9.17, 15) is 4.79 Å². The molecule has 5 nitrogen and oxygen atoms in total. The maximum atomic E-state index is 12.7. The van der Waals surface area contributed by atoms with Gasteiger partial charge < -0.3 is 14.2 Å². The second kappa shape index (κ2) is 7.57. The van der Waals surface area contributed by atoms with Gasteiger partial charge >= 0.3 is 5.97 Å². The third kappa shape index (κ3) is 3.61. The highest BCUT2D eigenvalue weighted by Gasteiger charge is 2.28. The average molecular weight is 341 g/mol. The van der Waals surface area contributed by atoms with Crippen molar-refractivity contribution in [2.24, 2.45) is 0 Å². The zero-order valence-electron chi connectivity index (χ0n) is 14.8. The summed E-state index contributed by atoms with van der Waals surface area (Å²) in [5, 5.41) is 0. The van der Waals surface area contributed by atoms with Gasteiger partial charge in [0.15, 0.2) is 11.5 Å². The third-order valence-electron chi connectivity index (χ3n) is 4.63. The van der Waals surface area contributed by atoms with E-state index in [4.69, 9.17) is 14.2 Å². The van der Waals surface area contributed by atoms with Gasteiger partial charge in [0.1, 0.15) is 6.04 Å². The Balaban J connectivity index is 1.74. The van der Waals surface area contributed by atoms with Crippen molar-refractivity contribution < 1.29 is 19.0 Å². The minimum absolute atomic E-state index is 0.317. The maximum Gasteiger partial charge on any atom is 0.328 e. The highest BCUT2D eigenvalue weighted by atomic mass is 16.6. The molecule has 0 aliphatic carbocycles. The van der Waals surface area contributed by atoms with Gasteiger partial charge in [-0.25, -0.2) is 4.79 Å². The van der Waals surface area contributed by atoms with Crippen LogP contribution in [0.5, 0.6) is 17.2 Å². The number of hydrogen-bond acceptors (Lipinski definition) is 5. The molecular formula is C20H23NO4. The lowest BCUT2D eigenvalue weighted by Gasteiger charge is -2.32. The molecule has 0 saturated carbocycles. The molecule has 0 amide bonds. The summed E-state index contributed by atoms with van der Waals surface area (Å²) < 4.78 is 16.2. The van der Waals surface area contributed by atoms with Crippen LogP contribution in [0, 0.1) is 0 Å². The number of esters is 1. The first-order valence-electron chi connectivity index (χ1n) is 8.37. The molecule has 25 heavy (non-hydrogen) atoms. The van der Waals surface area contributed by atoms with Crippen molar-refractivity contribution in [2.75, 3.05) is 20.8 Å². The molecule has 3 rings (SSSR count). The van der Waals surface area contributed by atoms with Crippen LogP contribution in [0.15, 0.2) is 42.5 Å². The summed E-state index contributed by atoms with van der Waals surface area (Å²) >= 11 is 0. The average Bonchev–Trinajstić information content (AvgIpc) is 2.67. The second-order valence-electron chi connectivity index (χ2n) is 6.08. The first kappa shape index (κ1) is 17.3. The van der Waals surface area contributed by atoms with E-state index in [1.165, 1.54) is 25.3 Å². The Kier molecular flexibility index (Phi) is 5.24. The number of hydrogen-bond donors (Lipinski definition) is 0. The van der Waals surface area contributed by atoms with Crippen molar-refractivity contribution in [3.05, 3.63) is 53.6 Å². The number of ether oxygens (including phenoxy) is 3. The zero-order chi connectivity index (χ0) is 17.8. The van der Waals surface area contributed by atoms with Gasteiger partial charge in [0.05, 0.1) is 14.2 Å². The van der Waals surface area contributed by atoms with Gasteiger partial charge in [-0.15, -0.1) is 0 Å². The largest absolute Gasteiger partial charge is 0.493 e. The predicted octanol–water partition coefficient (Wildman–Crippen LogP) is 3.06. The Labute approximate surface area is 148 Å². The van der Waals surface area contributed by atoms with Crippen molar-refractivity contribution in [3.8, 4) is 17.2 Å². The van der Waals surface area contributed by atoms with Crippen LogP contribution in [0.2, 0.25) is 0 Å². The highest BCUT2D eigenvalue weighted by molar-refractivity contribution is 5.79. The molecule has 0 spiro atoms. The normalized spacial score (nSPS) is 15.2. The molecule has 0 N–H and O–H groups in total. The molecule has 1 aliphatic rings. The first-order chi connectivity index (χ1) is 12.1. The van der Waals surface area contributed by atoms with Crippen molar-refractivity contribution in [3.63, 3.8) is 0 Å². The van der Waals surface area contributed by atoms with E-state index in [0.717, 1.165) is 19.5 Å². The van der Waals surface area contributed by atoms with E-state index < -0.39 is 0 Å². The Morgan fingerprint density at radius 2 is 1.64 bits per heavy atom. The summed E-state index contributed by atoms with van der Waals surface area (Å²) in [5.74, 6) is 0.955. The molecule has 0 radical (unpaired) electrons. The van der Waals surface area contributed by atoms with E-state index >= 15 is 0 Å². The number of fused-ring (bicyclic) bond motifs is 1. The predicted molar refractivity (Wildman–Crippen MR) is 95.2 cm³/mol. The Morgan fingerprint density at radius 3 is 2.28 bits per heavy atom. The van der Waals surface area contributed by atoms with E-state index in [1.807, 2.05) is 13.0 Å². The standard InChI is InChI=1S/C20H23NO4/c1-14(21-12-11-15-7-4-5-8-16(15)13-21)20(22)25-19-17(23-2)9-6-10-18(19)24-3/h4-10,14H,11-13H2,1-3H3/t14-/m1/s1. The molecule has 2 aromatic rings. The molecule has 132 valence electrons. The van der Waals surface area contributed by atoms with Crippen LogP contribution in [0.3, 0.4) is 0 Å². The minimum Gasteiger partial charge on any atom is -0.493 e. The molecule has 0 aromatic heterocycles.